The second kappa shape index (κ2) is 7.29. The van der Waals surface area contributed by atoms with Crippen LogP contribution < -0.4 is 5.32 Å². The summed E-state index contributed by atoms with van der Waals surface area (Å²) in [5, 5.41) is 5.64. The maximum Gasteiger partial charge on any atom is 0.0938 e. The van der Waals surface area contributed by atoms with E-state index in [1.807, 2.05) is 18.2 Å². The Morgan fingerprint density at radius 2 is 2.23 bits per heavy atom. The number of halogens is 1. The van der Waals surface area contributed by atoms with Crippen molar-refractivity contribution in [2.45, 2.75) is 39.5 Å². The van der Waals surface area contributed by atoms with Crippen LogP contribution in [0.3, 0.4) is 0 Å². The summed E-state index contributed by atoms with van der Waals surface area (Å²) < 4.78 is 1.21. The number of thiazole rings is 1. The molecule has 1 saturated heterocycles. The summed E-state index contributed by atoms with van der Waals surface area (Å²) in [6.45, 7) is 7.04. The van der Waals surface area contributed by atoms with Gasteiger partial charge in [0, 0.05) is 5.02 Å². The van der Waals surface area contributed by atoms with E-state index in [2.05, 4.69) is 19.2 Å². The lowest BCUT2D eigenvalue weighted by Crippen LogP contribution is -2.37. The Morgan fingerprint density at radius 1 is 1.36 bits per heavy atom. The fourth-order valence-electron chi connectivity index (χ4n) is 3.60. The van der Waals surface area contributed by atoms with Crippen LogP contribution in [-0.2, 0) is 6.42 Å². The van der Waals surface area contributed by atoms with Gasteiger partial charge in [0.2, 0.25) is 0 Å². The van der Waals surface area contributed by atoms with Crippen LogP contribution >= 0.6 is 22.9 Å². The third kappa shape index (κ3) is 4.01. The van der Waals surface area contributed by atoms with Gasteiger partial charge in [-0.05, 0) is 74.7 Å². The van der Waals surface area contributed by atoms with Gasteiger partial charge >= 0.3 is 0 Å². The first-order chi connectivity index (χ1) is 10.6. The Bertz CT molecular complexity index is 623. The molecule has 2 atom stereocenters. The molecule has 0 saturated carbocycles. The molecule has 2 nitrogen and oxygen atoms in total. The van der Waals surface area contributed by atoms with Crippen molar-refractivity contribution < 1.29 is 0 Å². The van der Waals surface area contributed by atoms with E-state index in [9.17, 15) is 0 Å². The van der Waals surface area contributed by atoms with Crippen LogP contribution in [-0.4, -0.2) is 18.1 Å². The number of nitrogens with zero attached hydrogens (tertiary/aromatic N) is 1. The molecule has 1 aliphatic heterocycles. The quantitative estimate of drug-likeness (QED) is 0.816. The van der Waals surface area contributed by atoms with Crippen molar-refractivity contribution in [2.75, 3.05) is 13.1 Å². The first-order valence-corrected chi connectivity index (χ1v) is 9.57. The van der Waals surface area contributed by atoms with Gasteiger partial charge in [-0.15, -0.1) is 11.3 Å². The monoisotopic (exact) mass is 336 g/mol. The van der Waals surface area contributed by atoms with E-state index in [4.69, 9.17) is 16.6 Å². The van der Waals surface area contributed by atoms with E-state index in [-0.39, 0.29) is 0 Å². The molecule has 2 heterocycles. The van der Waals surface area contributed by atoms with Gasteiger partial charge in [0.25, 0.3) is 0 Å². The zero-order valence-corrected chi connectivity index (χ0v) is 15.0. The van der Waals surface area contributed by atoms with Crippen molar-refractivity contribution in [2.24, 2.45) is 17.8 Å². The van der Waals surface area contributed by atoms with E-state index in [0.717, 1.165) is 34.7 Å². The number of benzene rings is 1. The summed E-state index contributed by atoms with van der Waals surface area (Å²) in [5.41, 5.74) is 1.09. The molecule has 4 heteroatoms. The molecule has 2 aromatic rings. The number of aryl methyl sites for hydroxylation is 1. The molecule has 1 unspecified atom stereocenters. The predicted octanol–water partition coefficient (Wildman–Crippen LogP) is 5.15. The number of fused-ring (bicyclic) bond motifs is 1. The summed E-state index contributed by atoms with van der Waals surface area (Å²) >= 11 is 7.87. The molecule has 1 fully saturated rings. The molecule has 120 valence electrons. The summed E-state index contributed by atoms with van der Waals surface area (Å²) in [6, 6.07) is 5.99. The van der Waals surface area contributed by atoms with E-state index in [1.54, 1.807) is 11.3 Å². The van der Waals surface area contributed by atoms with Gasteiger partial charge in [0.15, 0.2) is 0 Å². The number of hydrogen-bond acceptors (Lipinski definition) is 3. The van der Waals surface area contributed by atoms with Crippen molar-refractivity contribution in [3.05, 3.63) is 28.2 Å². The molecule has 0 aliphatic carbocycles. The van der Waals surface area contributed by atoms with Crippen LogP contribution in [0.4, 0.5) is 0 Å². The van der Waals surface area contributed by atoms with Gasteiger partial charge in [-0.25, -0.2) is 4.98 Å². The Morgan fingerprint density at radius 3 is 3.05 bits per heavy atom. The number of hydrogen-bond donors (Lipinski definition) is 1. The molecule has 1 aromatic heterocycles. The van der Waals surface area contributed by atoms with Crippen molar-refractivity contribution in [3.63, 3.8) is 0 Å². The van der Waals surface area contributed by atoms with E-state index in [0.29, 0.717) is 0 Å². The number of rotatable bonds is 5. The highest BCUT2D eigenvalue weighted by Crippen LogP contribution is 2.31. The summed E-state index contributed by atoms with van der Waals surface area (Å²) in [7, 11) is 0. The molecule has 3 rings (SSSR count). The van der Waals surface area contributed by atoms with Crippen LogP contribution in [0.1, 0.15) is 38.1 Å². The van der Waals surface area contributed by atoms with Crippen LogP contribution in [0.25, 0.3) is 10.2 Å². The Labute approximate surface area is 142 Å². The maximum atomic E-state index is 6.07. The smallest absolute Gasteiger partial charge is 0.0938 e. The standard InChI is InChI=1S/C18H25ClN2S/c1-12(2)9-14-11-20-8-7-13(14)3-6-18-21-16-5-4-15(19)10-17(16)22-18/h4-5,10,12-14,20H,3,6-9,11H2,1-2H3/t13?,14-/m1/s1. The topological polar surface area (TPSA) is 24.9 Å². The van der Waals surface area contributed by atoms with Gasteiger partial charge in [-0.3, -0.25) is 0 Å². The molecule has 0 bridgehead atoms. The Kier molecular flexibility index (Phi) is 5.37. The fraction of sp³-hybridized carbons (Fsp3) is 0.611. The van der Waals surface area contributed by atoms with Gasteiger partial charge in [-0.2, -0.15) is 0 Å². The molecular formula is C18H25ClN2S. The van der Waals surface area contributed by atoms with Crippen molar-refractivity contribution in [1.29, 1.82) is 0 Å². The SMILES string of the molecule is CC(C)C[C@@H]1CNCCC1CCc1nc2ccc(Cl)cc2s1. The van der Waals surface area contributed by atoms with Gasteiger partial charge in [0.1, 0.15) is 0 Å². The third-order valence-corrected chi connectivity index (χ3v) is 5.98. The highest BCUT2D eigenvalue weighted by Gasteiger charge is 2.25. The van der Waals surface area contributed by atoms with Crippen LogP contribution in [0.2, 0.25) is 5.02 Å². The maximum absolute atomic E-state index is 6.07. The van der Waals surface area contributed by atoms with E-state index < -0.39 is 0 Å². The normalized spacial score (nSPS) is 22.5. The minimum atomic E-state index is 0.789. The first-order valence-electron chi connectivity index (χ1n) is 8.37. The lowest BCUT2D eigenvalue weighted by Gasteiger charge is -2.33. The molecule has 0 spiro atoms. The number of piperidine rings is 1. The predicted molar refractivity (Wildman–Crippen MR) is 96.9 cm³/mol. The molecule has 1 aromatic carbocycles. The van der Waals surface area contributed by atoms with E-state index >= 15 is 0 Å². The highest BCUT2D eigenvalue weighted by atomic mass is 35.5. The van der Waals surface area contributed by atoms with Gasteiger partial charge < -0.3 is 5.32 Å². The zero-order chi connectivity index (χ0) is 15.5. The van der Waals surface area contributed by atoms with Crippen LogP contribution in [0.5, 0.6) is 0 Å². The Hall–Kier alpha value is -0.640. The second-order valence-electron chi connectivity index (χ2n) is 6.90. The van der Waals surface area contributed by atoms with Crippen molar-refractivity contribution in [1.82, 2.24) is 10.3 Å². The number of nitrogens with one attached hydrogen (secondary N) is 1. The summed E-state index contributed by atoms with van der Waals surface area (Å²) in [5.74, 6) is 2.47. The minimum absolute atomic E-state index is 0.789. The average Bonchev–Trinajstić information content (AvgIpc) is 2.87. The van der Waals surface area contributed by atoms with Crippen LogP contribution in [0.15, 0.2) is 18.2 Å². The lowest BCUT2D eigenvalue weighted by molar-refractivity contribution is 0.209. The summed E-state index contributed by atoms with van der Waals surface area (Å²) in [4.78, 5) is 4.77. The fourth-order valence-corrected chi connectivity index (χ4v) is 4.86. The molecule has 1 aliphatic rings. The van der Waals surface area contributed by atoms with Gasteiger partial charge in [0.05, 0.1) is 15.2 Å². The number of aromatic nitrogens is 1. The van der Waals surface area contributed by atoms with Crippen molar-refractivity contribution >= 4 is 33.2 Å². The Balaban J connectivity index is 1.64. The molecule has 0 radical (unpaired) electrons. The zero-order valence-electron chi connectivity index (χ0n) is 13.4. The largest absolute Gasteiger partial charge is 0.316 e. The molecular weight excluding hydrogens is 312 g/mol. The molecule has 22 heavy (non-hydrogen) atoms. The first kappa shape index (κ1) is 16.2. The average molecular weight is 337 g/mol. The van der Waals surface area contributed by atoms with Crippen molar-refractivity contribution in [3.8, 4) is 0 Å². The lowest BCUT2D eigenvalue weighted by atomic mass is 9.79. The third-order valence-electron chi connectivity index (χ3n) is 4.66. The summed E-state index contributed by atoms with van der Waals surface area (Å²) in [6.07, 6.45) is 5.03. The second-order valence-corrected chi connectivity index (χ2v) is 8.45. The van der Waals surface area contributed by atoms with Gasteiger partial charge in [-0.1, -0.05) is 25.4 Å². The van der Waals surface area contributed by atoms with Crippen LogP contribution in [0, 0.1) is 17.8 Å². The molecule has 1 N–H and O–H groups in total. The van der Waals surface area contributed by atoms with E-state index in [1.165, 1.54) is 42.1 Å². The molecule has 0 amide bonds. The highest BCUT2D eigenvalue weighted by molar-refractivity contribution is 7.18. The minimum Gasteiger partial charge on any atom is -0.316 e.